The Morgan fingerprint density at radius 2 is 2.10 bits per heavy atom. The fourth-order valence-electron chi connectivity index (χ4n) is 2.63. The van der Waals surface area contributed by atoms with E-state index in [1.165, 1.54) is 6.92 Å². The van der Waals surface area contributed by atoms with E-state index in [-0.39, 0.29) is 23.1 Å². The van der Waals surface area contributed by atoms with Gasteiger partial charge in [0.2, 0.25) is 5.91 Å². The minimum absolute atomic E-state index is 0.0106. The summed E-state index contributed by atoms with van der Waals surface area (Å²) >= 11 is 0. The van der Waals surface area contributed by atoms with Crippen molar-refractivity contribution in [3.05, 3.63) is 23.8 Å². The molecule has 0 aromatic heterocycles. The third-order valence-electron chi connectivity index (χ3n) is 3.80. The third-order valence-corrected chi connectivity index (χ3v) is 3.80. The van der Waals surface area contributed by atoms with Crippen LogP contribution in [0.4, 0.5) is 0 Å². The lowest BCUT2D eigenvalue weighted by Crippen LogP contribution is -2.30. The lowest BCUT2D eigenvalue weighted by atomic mass is 9.79. The van der Waals surface area contributed by atoms with Crippen molar-refractivity contribution in [3.63, 3.8) is 0 Å². The monoisotopic (exact) mass is 293 g/mol. The Morgan fingerprint density at radius 3 is 2.67 bits per heavy atom. The normalized spacial score (nSPS) is 12.8. The topological polar surface area (TPSA) is 58.6 Å². The number of methoxy groups -OCH3 is 1. The molecule has 1 amide bonds. The molecule has 0 aliphatic heterocycles. The molecule has 1 atom stereocenters. The van der Waals surface area contributed by atoms with E-state index < -0.39 is 0 Å². The van der Waals surface area contributed by atoms with Crippen LogP contribution in [0.3, 0.4) is 0 Å². The Kier molecular flexibility index (Phi) is 6.06. The molecule has 4 nitrogen and oxygen atoms in total. The number of nitrogens with one attached hydrogen (secondary N) is 1. The van der Waals surface area contributed by atoms with Crippen molar-refractivity contribution in [2.45, 2.75) is 58.4 Å². The molecule has 0 radical (unpaired) electrons. The first-order chi connectivity index (χ1) is 9.76. The van der Waals surface area contributed by atoms with Crippen molar-refractivity contribution >= 4 is 5.91 Å². The van der Waals surface area contributed by atoms with Gasteiger partial charge in [-0.2, -0.15) is 0 Å². The third kappa shape index (κ3) is 5.29. The van der Waals surface area contributed by atoms with Gasteiger partial charge >= 0.3 is 0 Å². The predicted molar refractivity (Wildman–Crippen MR) is 84.8 cm³/mol. The number of aromatic hydroxyl groups is 1. The van der Waals surface area contributed by atoms with Gasteiger partial charge < -0.3 is 15.2 Å². The van der Waals surface area contributed by atoms with E-state index in [1.54, 1.807) is 25.3 Å². The average Bonchev–Trinajstić information content (AvgIpc) is 2.37. The number of carbonyl (C=O) groups excluding carboxylic acids is 1. The van der Waals surface area contributed by atoms with Crippen LogP contribution >= 0.6 is 0 Å². The summed E-state index contributed by atoms with van der Waals surface area (Å²) in [6.45, 7) is 7.85. The highest BCUT2D eigenvalue weighted by Gasteiger charge is 2.24. The maximum Gasteiger partial charge on any atom is 0.217 e. The maximum atomic E-state index is 11.0. The van der Waals surface area contributed by atoms with Crippen LogP contribution in [0, 0.1) is 0 Å². The van der Waals surface area contributed by atoms with E-state index in [9.17, 15) is 9.90 Å². The highest BCUT2D eigenvalue weighted by molar-refractivity contribution is 5.73. The SMILES string of the molecule is COc1ccc(O)cc1C(C)(C)CCCC(C)NC(C)=O. The molecular formula is C17H27NO3. The Balaban J connectivity index is 2.69. The molecule has 0 aliphatic carbocycles. The highest BCUT2D eigenvalue weighted by atomic mass is 16.5. The number of ether oxygens (including phenoxy) is 1. The molecule has 2 N–H and O–H groups in total. The molecule has 1 unspecified atom stereocenters. The smallest absolute Gasteiger partial charge is 0.217 e. The zero-order valence-electron chi connectivity index (χ0n) is 13.7. The van der Waals surface area contributed by atoms with Crippen LogP contribution in [0.2, 0.25) is 0 Å². The van der Waals surface area contributed by atoms with Crippen molar-refractivity contribution in [2.75, 3.05) is 7.11 Å². The van der Waals surface area contributed by atoms with Gasteiger partial charge in [-0.1, -0.05) is 20.3 Å². The summed E-state index contributed by atoms with van der Waals surface area (Å²) in [4.78, 5) is 11.0. The summed E-state index contributed by atoms with van der Waals surface area (Å²) in [6, 6.07) is 5.39. The van der Waals surface area contributed by atoms with Gasteiger partial charge in [-0.25, -0.2) is 0 Å². The molecule has 0 fully saturated rings. The largest absolute Gasteiger partial charge is 0.508 e. The number of carbonyl (C=O) groups is 1. The van der Waals surface area contributed by atoms with Crippen LogP contribution in [0.5, 0.6) is 11.5 Å². The second kappa shape index (κ2) is 7.34. The quantitative estimate of drug-likeness (QED) is 0.810. The van der Waals surface area contributed by atoms with Crippen LogP contribution in [-0.4, -0.2) is 24.2 Å². The van der Waals surface area contributed by atoms with Crippen molar-refractivity contribution in [3.8, 4) is 11.5 Å². The first-order valence-electron chi connectivity index (χ1n) is 7.41. The fraction of sp³-hybridized carbons (Fsp3) is 0.588. The second-order valence-corrected chi connectivity index (χ2v) is 6.26. The van der Waals surface area contributed by atoms with Crippen molar-refractivity contribution < 1.29 is 14.6 Å². The number of benzene rings is 1. The average molecular weight is 293 g/mol. The van der Waals surface area contributed by atoms with Crippen molar-refractivity contribution in [1.82, 2.24) is 5.32 Å². The van der Waals surface area contributed by atoms with Crippen LogP contribution < -0.4 is 10.1 Å². The molecule has 0 bridgehead atoms. The van der Waals surface area contributed by atoms with Gasteiger partial charge in [0.05, 0.1) is 7.11 Å². The van der Waals surface area contributed by atoms with Gasteiger partial charge in [-0.15, -0.1) is 0 Å². The molecule has 0 aliphatic rings. The first kappa shape index (κ1) is 17.3. The first-order valence-corrected chi connectivity index (χ1v) is 7.41. The Hall–Kier alpha value is -1.71. The fourth-order valence-corrected chi connectivity index (χ4v) is 2.63. The van der Waals surface area contributed by atoms with Crippen LogP contribution in [-0.2, 0) is 10.2 Å². The zero-order chi connectivity index (χ0) is 16.0. The van der Waals surface area contributed by atoms with Gasteiger partial charge in [0.15, 0.2) is 0 Å². The van der Waals surface area contributed by atoms with Crippen LogP contribution in [0.1, 0.15) is 52.5 Å². The minimum Gasteiger partial charge on any atom is -0.508 e. The summed E-state index contributed by atoms with van der Waals surface area (Å²) in [7, 11) is 1.64. The molecule has 0 saturated heterocycles. The predicted octanol–water partition coefficient (Wildman–Crippen LogP) is 3.37. The molecular weight excluding hydrogens is 266 g/mol. The van der Waals surface area contributed by atoms with E-state index in [1.807, 2.05) is 6.92 Å². The zero-order valence-corrected chi connectivity index (χ0v) is 13.7. The minimum atomic E-state index is -0.0972. The molecule has 1 aromatic carbocycles. The standard InChI is InChI=1S/C17H27NO3/c1-12(18-13(2)19)7-6-10-17(3,4)15-11-14(20)8-9-16(15)21-5/h8-9,11-12,20H,6-7,10H2,1-5H3,(H,18,19). The van der Waals surface area contributed by atoms with Gasteiger partial charge in [0.25, 0.3) is 0 Å². The number of hydrogen-bond donors (Lipinski definition) is 2. The molecule has 21 heavy (non-hydrogen) atoms. The highest BCUT2D eigenvalue weighted by Crippen LogP contribution is 2.37. The summed E-state index contributed by atoms with van der Waals surface area (Å²) in [5.74, 6) is 1.06. The molecule has 1 rings (SSSR count). The molecule has 0 saturated carbocycles. The number of hydrogen-bond acceptors (Lipinski definition) is 3. The van der Waals surface area contributed by atoms with Crippen LogP contribution in [0.25, 0.3) is 0 Å². The lowest BCUT2D eigenvalue weighted by molar-refractivity contribution is -0.119. The number of phenolic OH excluding ortho intramolecular Hbond substituents is 1. The van der Waals surface area contributed by atoms with Gasteiger partial charge in [0.1, 0.15) is 11.5 Å². The van der Waals surface area contributed by atoms with Gasteiger partial charge in [-0.3, -0.25) is 4.79 Å². The number of phenols is 1. The lowest BCUT2D eigenvalue weighted by Gasteiger charge is -2.28. The summed E-state index contributed by atoms with van der Waals surface area (Å²) in [6.07, 6.45) is 2.88. The molecule has 0 spiro atoms. The van der Waals surface area contributed by atoms with Crippen LogP contribution in [0.15, 0.2) is 18.2 Å². The molecule has 4 heteroatoms. The Morgan fingerprint density at radius 1 is 1.43 bits per heavy atom. The van der Waals surface area contributed by atoms with E-state index >= 15 is 0 Å². The number of rotatable bonds is 7. The summed E-state index contributed by atoms with van der Waals surface area (Å²) in [5, 5.41) is 12.6. The second-order valence-electron chi connectivity index (χ2n) is 6.26. The Labute approximate surface area is 127 Å². The summed E-state index contributed by atoms with van der Waals surface area (Å²) < 4.78 is 5.40. The number of amides is 1. The van der Waals surface area contributed by atoms with E-state index in [4.69, 9.17) is 4.74 Å². The maximum absolute atomic E-state index is 11.0. The molecule has 118 valence electrons. The van der Waals surface area contributed by atoms with Crippen molar-refractivity contribution in [1.29, 1.82) is 0 Å². The van der Waals surface area contributed by atoms with E-state index in [0.29, 0.717) is 0 Å². The molecule has 0 heterocycles. The van der Waals surface area contributed by atoms with E-state index in [2.05, 4.69) is 19.2 Å². The molecule has 1 aromatic rings. The van der Waals surface area contributed by atoms with Gasteiger partial charge in [-0.05, 0) is 43.4 Å². The van der Waals surface area contributed by atoms with Gasteiger partial charge in [0, 0.05) is 18.5 Å². The summed E-state index contributed by atoms with van der Waals surface area (Å²) in [5.41, 5.74) is 0.914. The van der Waals surface area contributed by atoms with Crippen molar-refractivity contribution in [2.24, 2.45) is 0 Å². The Bertz CT molecular complexity index is 483. The van der Waals surface area contributed by atoms with E-state index in [0.717, 1.165) is 30.6 Å².